The molecule has 2 aromatic rings. The van der Waals surface area contributed by atoms with E-state index < -0.39 is 12.1 Å². The van der Waals surface area contributed by atoms with E-state index in [0.29, 0.717) is 75.0 Å². The van der Waals surface area contributed by atoms with Crippen molar-refractivity contribution in [2.75, 3.05) is 53.5 Å². The largest absolute Gasteiger partial charge is 0.493 e. The van der Waals surface area contributed by atoms with Crippen LogP contribution in [-0.4, -0.2) is 108 Å². The highest BCUT2D eigenvalue weighted by Crippen LogP contribution is 2.28. The molecule has 3 heterocycles. The number of likely N-dealkylation sites (tertiary alicyclic amines) is 1. The molecule has 1 aromatic heterocycles. The first-order valence-corrected chi connectivity index (χ1v) is 18.1. The number of amides is 4. The van der Waals surface area contributed by atoms with Crippen LogP contribution in [0.2, 0.25) is 0 Å². The number of hydrogen-bond donors (Lipinski definition) is 3. The Morgan fingerprint density at radius 3 is 2.36 bits per heavy atom. The number of ether oxygens (including phenoxy) is 2. The van der Waals surface area contributed by atoms with Gasteiger partial charge in [-0.15, -0.1) is 0 Å². The number of carbonyl (C=O) groups excluding carboxylic acids is 4. The summed E-state index contributed by atoms with van der Waals surface area (Å²) in [5, 5.41) is 13.6. The number of benzene rings is 1. The Kier molecular flexibility index (Phi) is 14.9. The summed E-state index contributed by atoms with van der Waals surface area (Å²) in [5.41, 5.74) is 0.882. The Labute approximate surface area is 296 Å². The maximum atomic E-state index is 13.7. The van der Waals surface area contributed by atoms with E-state index in [0.717, 1.165) is 31.5 Å². The minimum absolute atomic E-state index is 0.0353. The van der Waals surface area contributed by atoms with Crippen LogP contribution in [0.15, 0.2) is 18.2 Å². The van der Waals surface area contributed by atoms with Gasteiger partial charge in [0.15, 0.2) is 17.3 Å². The molecule has 14 nitrogen and oxygen atoms in total. The lowest BCUT2D eigenvalue weighted by Gasteiger charge is -2.28. The van der Waals surface area contributed by atoms with Gasteiger partial charge in [0.25, 0.3) is 0 Å². The van der Waals surface area contributed by atoms with Gasteiger partial charge in [-0.1, -0.05) is 39.2 Å². The van der Waals surface area contributed by atoms with Gasteiger partial charge in [0.1, 0.15) is 18.4 Å². The molecule has 0 spiro atoms. The smallest absolute Gasteiger partial charge is 0.243 e. The Bertz CT molecular complexity index is 1440. The summed E-state index contributed by atoms with van der Waals surface area (Å²) in [5.74, 6) is 1.16. The van der Waals surface area contributed by atoms with Gasteiger partial charge in [-0.3, -0.25) is 24.1 Å². The molecular weight excluding hydrogens is 640 g/mol. The van der Waals surface area contributed by atoms with Gasteiger partial charge < -0.3 is 30.3 Å². The van der Waals surface area contributed by atoms with Crippen LogP contribution in [0, 0.1) is 5.92 Å². The third-order valence-electron chi connectivity index (χ3n) is 9.57. The van der Waals surface area contributed by atoms with Gasteiger partial charge in [0, 0.05) is 32.5 Å². The average molecular weight is 697 g/mol. The fourth-order valence-electron chi connectivity index (χ4n) is 6.47. The molecule has 3 atom stereocenters. The van der Waals surface area contributed by atoms with Gasteiger partial charge >= 0.3 is 0 Å². The van der Waals surface area contributed by atoms with Crippen LogP contribution < -0.4 is 25.4 Å². The zero-order valence-electron chi connectivity index (χ0n) is 30.5. The van der Waals surface area contributed by atoms with E-state index in [1.807, 2.05) is 36.9 Å². The number of fused-ring (bicyclic) bond motifs is 1. The second-order valence-corrected chi connectivity index (χ2v) is 13.4. The molecule has 1 saturated heterocycles. The second-order valence-electron chi connectivity index (χ2n) is 13.4. The van der Waals surface area contributed by atoms with Crippen molar-refractivity contribution in [3.8, 4) is 11.5 Å². The number of nitrogens with one attached hydrogen (secondary N) is 3. The molecule has 1 aromatic carbocycles. The summed E-state index contributed by atoms with van der Waals surface area (Å²) in [6.07, 6.45) is 6.83. The van der Waals surface area contributed by atoms with Crippen molar-refractivity contribution in [1.82, 2.24) is 40.5 Å². The lowest BCUT2D eigenvalue weighted by molar-refractivity contribution is -0.133. The third-order valence-corrected chi connectivity index (χ3v) is 9.57. The van der Waals surface area contributed by atoms with Crippen molar-refractivity contribution < 1.29 is 28.7 Å². The van der Waals surface area contributed by atoms with Crippen molar-refractivity contribution in [1.29, 1.82) is 0 Å². The van der Waals surface area contributed by atoms with Crippen molar-refractivity contribution in [2.24, 2.45) is 5.92 Å². The highest BCUT2D eigenvalue weighted by atomic mass is 16.5. The molecule has 0 bridgehead atoms. The molecule has 4 amide bonds. The molecule has 4 rings (SSSR count). The predicted octanol–water partition coefficient (Wildman–Crippen LogP) is 2.60. The summed E-state index contributed by atoms with van der Waals surface area (Å²) in [4.78, 5) is 62.3. The fraction of sp³-hybridized carbons (Fsp3) is 0.667. The summed E-state index contributed by atoms with van der Waals surface area (Å²) >= 11 is 0. The van der Waals surface area contributed by atoms with Crippen LogP contribution in [0.1, 0.15) is 95.4 Å². The average Bonchev–Trinajstić information content (AvgIpc) is 3.30. The highest BCUT2D eigenvalue weighted by molar-refractivity contribution is 5.88. The van der Waals surface area contributed by atoms with E-state index in [9.17, 15) is 19.2 Å². The van der Waals surface area contributed by atoms with Crippen LogP contribution >= 0.6 is 0 Å². The molecular formula is C36H56N8O6. The second kappa shape index (κ2) is 19.3. The molecule has 50 heavy (non-hydrogen) atoms. The van der Waals surface area contributed by atoms with Gasteiger partial charge in [-0.2, -0.15) is 5.10 Å². The number of nitrogens with zero attached hydrogens (tertiary/aromatic N) is 5. The van der Waals surface area contributed by atoms with Gasteiger partial charge in [0.2, 0.25) is 23.6 Å². The third kappa shape index (κ3) is 11.2. The maximum absolute atomic E-state index is 13.7. The Morgan fingerprint density at radius 1 is 0.940 bits per heavy atom. The summed E-state index contributed by atoms with van der Waals surface area (Å²) < 4.78 is 12.3. The SMILES string of the molecule is CC[C@H](C)[C@@H]1NC(=O)CCCN(C(=O)CN2CCCCCC2)CCCNC(=O)Cn2nc(Cc3ccc(OC)c(OC)c3)nc2[C@@H](C)NC1=O. The minimum Gasteiger partial charge on any atom is -0.493 e. The lowest BCUT2D eigenvalue weighted by atomic mass is 9.97. The standard InChI is InChI=1S/C36H56N8O6/c1-6-25(2)34-36(48)38-26(3)35-39-30(22-27-14-15-28(49-4)29(21-27)50-5)41-44(35)23-32(46)37-16-12-20-43(19-11-13-31(45)40-34)33(47)24-42-17-9-7-8-10-18-42/h14-15,21,25-26,34H,6-13,16-20,22-24H2,1-5H3,(H,37,46)(H,38,48)(H,40,45)/t25-,26+,34-/m0/s1. The van der Waals surface area contributed by atoms with Gasteiger partial charge in [-0.25, -0.2) is 9.67 Å². The Morgan fingerprint density at radius 2 is 1.66 bits per heavy atom. The molecule has 0 radical (unpaired) electrons. The number of methoxy groups -OCH3 is 2. The molecule has 2 aliphatic rings. The van der Waals surface area contributed by atoms with E-state index >= 15 is 0 Å². The first kappa shape index (κ1) is 38.6. The van der Waals surface area contributed by atoms with Crippen LogP contribution in [0.25, 0.3) is 0 Å². The zero-order valence-corrected chi connectivity index (χ0v) is 30.5. The first-order chi connectivity index (χ1) is 24.1. The molecule has 2 aliphatic heterocycles. The molecule has 0 aliphatic carbocycles. The maximum Gasteiger partial charge on any atom is 0.243 e. The first-order valence-electron chi connectivity index (χ1n) is 18.1. The minimum atomic E-state index is -0.763. The summed E-state index contributed by atoms with van der Waals surface area (Å²) in [7, 11) is 3.15. The summed E-state index contributed by atoms with van der Waals surface area (Å²) in [6, 6.07) is 4.19. The topological polar surface area (TPSA) is 160 Å². The monoisotopic (exact) mass is 696 g/mol. The van der Waals surface area contributed by atoms with Crippen molar-refractivity contribution in [3.63, 3.8) is 0 Å². The van der Waals surface area contributed by atoms with Crippen molar-refractivity contribution >= 4 is 23.6 Å². The number of carbonyl (C=O) groups is 4. The molecule has 0 unspecified atom stereocenters. The quantitative estimate of drug-likeness (QED) is 0.377. The molecule has 1 fully saturated rings. The van der Waals surface area contributed by atoms with Crippen LogP contribution in [-0.2, 0) is 32.1 Å². The molecule has 3 N–H and O–H groups in total. The Balaban J connectivity index is 1.55. The van der Waals surface area contributed by atoms with E-state index in [4.69, 9.17) is 14.5 Å². The number of hydrogen-bond acceptors (Lipinski definition) is 9. The van der Waals surface area contributed by atoms with E-state index in [1.165, 1.54) is 17.5 Å². The number of aromatic nitrogens is 3. The van der Waals surface area contributed by atoms with Gasteiger partial charge in [0.05, 0.1) is 26.8 Å². The van der Waals surface area contributed by atoms with E-state index in [2.05, 4.69) is 25.9 Å². The lowest BCUT2D eigenvalue weighted by Crippen LogP contribution is -2.51. The van der Waals surface area contributed by atoms with Crippen LogP contribution in [0.4, 0.5) is 0 Å². The van der Waals surface area contributed by atoms with E-state index in [1.54, 1.807) is 21.1 Å². The predicted molar refractivity (Wildman–Crippen MR) is 189 cm³/mol. The normalized spacial score (nSPS) is 21.4. The molecule has 0 saturated carbocycles. The van der Waals surface area contributed by atoms with Gasteiger partial charge in [-0.05, 0) is 69.3 Å². The van der Waals surface area contributed by atoms with Crippen molar-refractivity contribution in [3.05, 3.63) is 35.4 Å². The highest BCUT2D eigenvalue weighted by Gasteiger charge is 2.29. The molecule has 14 heteroatoms. The molecule has 276 valence electrons. The van der Waals surface area contributed by atoms with Crippen molar-refractivity contribution in [2.45, 2.75) is 97.2 Å². The fourth-order valence-corrected chi connectivity index (χ4v) is 6.47. The van der Waals surface area contributed by atoms with E-state index in [-0.39, 0.29) is 42.5 Å². The van der Waals surface area contributed by atoms with Crippen LogP contribution in [0.3, 0.4) is 0 Å². The Hall–Kier alpha value is -4.20. The number of rotatable bonds is 8. The zero-order chi connectivity index (χ0) is 36.0. The summed E-state index contributed by atoms with van der Waals surface area (Å²) in [6.45, 7) is 9.04. The van der Waals surface area contributed by atoms with Crippen LogP contribution in [0.5, 0.6) is 11.5 Å².